The Kier molecular flexibility index (Phi) is 4.99. The predicted molar refractivity (Wildman–Crippen MR) is 114 cm³/mol. The Hall–Kier alpha value is -3.68. The van der Waals surface area contributed by atoms with Gasteiger partial charge < -0.3 is 14.5 Å². The van der Waals surface area contributed by atoms with Gasteiger partial charge in [-0.25, -0.2) is 14.5 Å². The van der Waals surface area contributed by atoms with Crippen molar-refractivity contribution in [1.82, 2.24) is 14.8 Å². The van der Waals surface area contributed by atoms with Gasteiger partial charge in [-0.15, -0.1) is 5.10 Å². The Bertz CT molecular complexity index is 1340. The van der Waals surface area contributed by atoms with E-state index in [0.29, 0.717) is 30.0 Å². The van der Waals surface area contributed by atoms with Crippen LogP contribution in [0.25, 0.3) is 22.0 Å². The van der Waals surface area contributed by atoms with E-state index in [0.717, 1.165) is 33.2 Å². The number of hydrogen-bond donors (Lipinski definition) is 1. The number of hydrogen-bond acceptors (Lipinski definition) is 6. The number of fused-ring (bicyclic) bond motifs is 2. The topological polar surface area (TPSA) is 99.2 Å². The highest BCUT2D eigenvalue weighted by Crippen LogP contribution is 2.30. The Labute approximate surface area is 172 Å². The highest BCUT2D eigenvalue weighted by atomic mass is 16.5. The lowest BCUT2D eigenvalue weighted by molar-refractivity contribution is -0.116. The molecule has 0 saturated heterocycles. The van der Waals surface area contributed by atoms with E-state index >= 15 is 0 Å². The molecule has 0 radical (unpaired) electrons. The average Bonchev–Trinajstić information content (AvgIpc) is 3.03. The number of anilines is 1. The first-order valence-electron chi connectivity index (χ1n) is 9.58. The van der Waals surface area contributed by atoms with E-state index in [1.54, 1.807) is 36.1 Å². The Morgan fingerprint density at radius 2 is 2.03 bits per heavy atom. The first-order chi connectivity index (χ1) is 14.4. The lowest BCUT2D eigenvalue weighted by atomic mass is 10.00. The zero-order chi connectivity index (χ0) is 21.4. The molecule has 0 aliphatic rings. The molecule has 8 nitrogen and oxygen atoms in total. The SMILES string of the molecule is COc1nn(C)c2nc(C)c(CCC(=O)Nc3ccc4oc(=O)ccc4c3)c(C)c12. The number of amides is 1. The van der Waals surface area contributed by atoms with E-state index in [4.69, 9.17) is 9.15 Å². The molecule has 0 aliphatic heterocycles. The van der Waals surface area contributed by atoms with E-state index in [1.165, 1.54) is 6.07 Å². The summed E-state index contributed by atoms with van der Waals surface area (Å²) in [7, 11) is 3.42. The van der Waals surface area contributed by atoms with Gasteiger partial charge in [-0.05, 0) is 55.7 Å². The van der Waals surface area contributed by atoms with Crippen LogP contribution in [-0.2, 0) is 18.3 Å². The number of carbonyl (C=O) groups excluding carboxylic acids is 1. The van der Waals surface area contributed by atoms with Crippen LogP contribution in [0.5, 0.6) is 5.88 Å². The Balaban J connectivity index is 1.53. The third kappa shape index (κ3) is 3.52. The zero-order valence-corrected chi connectivity index (χ0v) is 17.3. The zero-order valence-electron chi connectivity index (χ0n) is 17.3. The monoisotopic (exact) mass is 406 g/mol. The number of aryl methyl sites for hydroxylation is 3. The van der Waals surface area contributed by atoms with Crippen molar-refractivity contribution in [2.75, 3.05) is 12.4 Å². The lowest BCUT2D eigenvalue weighted by Crippen LogP contribution is -2.13. The number of benzene rings is 1. The standard InChI is InChI=1S/C22H22N4O4/c1-12-16(13(2)23-21-20(12)22(29-4)25-26(21)3)7-9-18(27)24-15-6-8-17-14(11-15)5-10-19(28)30-17/h5-6,8,10-11H,7,9H2,1-4H3,(H,24,27). The summed E-state index contributed by atoms with van der Waals surface area (Å²) in [6.07, 6.45) is 0.853. The van der Waals surface area contributed by atoms with Gasteiger partial charge in [0.25, 0.3) is 0 Å². The van der Waals surface area contributed by atoms with Crippen molar-refractivity contribution in [3.8, 4) is 5.88 Å². The minimum Gasteiger partial charge on any atom is -0.479 e. The van der Waals surface area contributed by atoms with Crippen molar-refractivity contribution in [1.29, 1.82) is 0 Å². The number of aromatic nitrogens is 3. The number of nitrogens with one attached hydrogen (secondary N) is 1. The van der Waals surface area contributed by atoms with Gasteiger partial charge in [-0.2, -0.15) is 0 Å². The molecular weight excluding hydrogens is 384 g/mol. The molecule has 0 fully saturated rings. The lowest BCUT2D eigenvalue weighted by Gasteiger charge is -2.11. The van der Waals surface area contributed by atoms with Crippen LogP contribution in [0.3, 0.4) is 0 Å². The van der Waals surface area contributed by atoms with Crippen molar-refractivity contribution in [2.24, 2.45) is 7.05 Å². The third-order valence-electron chi connectivity index (χ3n) is 5.22. The summed E-state index contributed by atoms with van der Waals surface area (Å²) >= 11 is 0. The van der Waals surface area contributed by atoms with Crippen molar-refractivity contribution < 1.29 is 13.9 Å². The number of carbonyl (C=O) groups is 1. The summed E-state index contributed by atoms with van der Waals surface area (Å²) < 4.78 is 12.2. The quantitative estimate of drug-likeness (QED) is 0.511. The van der Waals surface area contributed by atoms with Crippen LogP contribution in [0.2, 0.25) is 0 Å². The third-order valence-corrected chi connectivity index (χ3v) is 5.22. The van der Waals surface area contributed by atoms with E-state index in [-0.39, 0.29) is 5.91 Å². The number of nitrogens with zero attached hydrogens (tertiary/aromatic N) is 3. The molecule has 0 unspecified atom stereocenters. The van der Waals surface area contributed by atoms with Gasteiger partial charge >= 0.3 is 5.63 Å². The van der Waals surface area contributed by atoms with Gasteiger partial charge in [0.05, 0.1) is 12.5 Å². The first kappa shape index (κ1) is 19.6. The van der Waals surface area contributed by atoms with E-state index in [1.807, 2.05) is 20.9 Å². The van der Waals surface area contributed by atoms with E-state index in [2.05, 4.69) is 15.4 Å². The number of methoxy groups -OCH3 is 1. The second-order valence-corrected chi connectivity index (χ2v) is 7.19. The van der Waals surface area contributed by atoms with Gasteiger partial charge in [-0.1, -0.05) is 0 Å². The summed E-state index contributed by atoms with van der Waals surface area (Å²) in [6, 6.07) is 8.20. The van der Waals surface area contributed by atoms with Gasteiger partial charge in [0, 0.05) is 36.3 Å². The predicted octanol–water partition coefficient (Wildman–Crippen LogP) is 3.27. The average molecular weight is 406 g/mol. The molecule has 3 aromatic heterocycles. The fraction of sp³-hybridized carbons (Fsp3) is 0.273. The van der Waals surface area contributed by atoms with Crippen LogP contribution in [0, 0.1) is 13.8 Å². The maximum Gasteiger partial charge on any atom is 0.336 e. The fourth-order valence-corrected chi connectivity index (χ4v) is 3.72. The molecule has 4 rings (SSSR count). The van der Waals surface area contributed by atoms with Crippen LogP contribution >= 0.6 is 0 Å². The second kappa shape index (κ2) is 7.62. The maximum absolute atomic E-state index is 12.5. The van der Waals surface area contributed by atoms with Crippen molar-refractivity contribution in [2.45, 2.75) is 26.7 Å². The van der Waals surface area contributed by atoms with Gasteiger partial charge in [0.1, 0.15) is 5.58 Å². The maximum atomic E-state index is 12.5. The summed E-state index contributed by atoms with van der Waals surface area (Å²) in [5, 5.41) is 8.88. The van der Waals surface area contributed by atoms with Crippen molar-refractivity contribution in [3.05, 3.63) is 57.6 Å². The first-order valence-corrected chi connectivity index (χ1v) is 9.58. The Morgan fingerprint density at radius 3 is 2.80 bits per heavy atom. The number of rotatable bonds is 5. The molecule has 154 valence electrons. The summed E-state index contributed by atoms with van der Waals surface area (Å²) in [4.78, 5) is 28.5. The highest BCUT2D eigenvalue weighted by molar-refractivity contribution is 5.93. The molecular formula is C22H22N4O4. The van der Waals surface area contributed by atoms with Crippen molar-refractivity contribution >= 4 is 33.6 Å². The molecule has 0 aliphatic carbocycles. The van der Waals surface area contributed by atoms with Crippen molar-refractivity contribution in [3.63, 3.8) is 0 Å². The second-order valence-electron chi connectivity index (χ2n) is 7.19. The van der Waals surface area contributed by atoms with Gasteiger partial charge in [0.2, 0.25) is 11.8 Å². The minimum absolute atomic E-state index is 0.108. The van der Waals surface area contributed by atoms with E-state index < -0.39 is 5.63 Å². The molecule has 0 atom stereocenters. The molecule has 4 aromatic rings. The van der Waals surface area contributed by atoms with Crippen LogP contribution in [-0.4, -0.2) is 27.8 Å². The molecule has 1 amide bonds. The summed E-state index contributed by atoms with van der Waals surface area (Å²) in [5.41, 5.74) is 4.41. The number of ether oxygens (including phenoxy) is 1. The summed E-state index contributed by atoms with van der Waals surface area (Å²) in [5.74, 6) is 0.426. The highest BCUT2D eigenvalue weighted by Gasteiger charge is 2.18. The van der Waals surface area contributed by atoms with Crippen LogP contribution < -0.4 is 15.7 Å². The smallest absolute Gasteiger partial charge is 0.336 e. The molecule has 0 spiro atoms. The number of pyridine rings is 1. The largest absolute Gasteiger partial charge is 0.479 e. The molecule has 30 heavy (non-hydrogen) atoms. The minimum atomic E-state index is -0.402. The molecule has 0 bridgehead atoms. The molecule has 8 heteroatoms. The fourth-order valence-electron chi connectivity index (χ4n) is 3.72. The molecule has 3 heterocycles. The van der Waals surface area contributed by atoms with Crippen LogP contribution in [0.15, 0.2) is 39.5 Å². The normalized spacial score (nSPS) is 11.2. The summed E-state index contributed by atoms with van der Waals surface area (Å²) in [6.45, 7) is 3.95. The van der Waals surface area contributed by atoms with Crippen LogP contribution in [0.1, 0.15) is 23.2 Å². The molecule has 1 N–H and O–H groups in total. The van der Waals surface area contributed by atoms with Gasteiger partial charge in [0.15, 0.2) is 5.65 Å². The van der Waals surface area contributed by atoms with Gasteiger partial charge in [-0.3, -0.25) is 4.79 Å². The molecule has 1 aromatic carbocycles. The molecule has 0 saturated carbocycles. The Morgan fingerprint density at radius 1 is 1.23 bits per heavy atom. The van der Waals surface area contributed by atoms with Crippen LogP contribution in [0.4, 0.5) is 5.69 Å². The van der Waals surface area contributed by atoms with E-state index in [9.17, 15) is 9.59 Å².